The molecule has 0 amide bonds. The molecule has 0 aromatic heterocycles. The van der Waals surface area contributed by atoms with E-state index in [0.717, 1.165) is 38.8 Å². The fourth-order valence-corrected chi connectivity index (χ4v) is 1.46. The van der Waals surface area contributed by atoms with Crippen molar-refractivity contribution in [3.63, 3.8) is 0 Å². The highest BCUT2D eigenvalue weighted by atomic mass is 16.6. The lowest BCUT2D eigenvalue weighted by Crippen LogP contribution is -2.34. The SMILES string of the molecule is COCCN(CC(C)C)CC1CO1. The van der Waals surface area contributed by atoms with E-state index in [-0.39, 0.29) is 0 Å². The summed E-state index contributed by atoms with van der Waals surface area (Å²) in [7, 11) is 1.75. The van der Waals surface area contributed by atoms with Gasteiger partial charge in [0.05, 0.1) is 19.3 Å². The topological polar surface area (TPSA) is 25.0 Å². The van der Waals surface area contributed by atoms with Crippen LogP contribution in [0.1, 0.15) is 13.8 Å². The molecule has 1 rings (SSSR count). The highest BCUT2D eigenvalue weighted by Crippen LogP contribution is 2.11. The summed E-state index contributed by atoms with van der Waals surface area (Å²) in [6.07, 6.45) is 0.496. The van der Waals surface area contributed by atoms with Crippen molar-refractivity contribution in [3.8, 4) is 0 Å². The van der Waals surface area contributed by atoms with Gasteiger partial charge < -0.3 is 9.47 Å². The fraction of sp³-hybridized carbons (Fsp3) is 1.00. The van der Waals surface area contributed by atoms with E-state index in [1.807, 2.05) is 0 Å². The van der Waals surface area contributed by atoms with Gasteiger partial charge in [0.1, 0.15) is 0 Å². The average Bonchev–Trinajstić information content (AvgIpc) is 2.83. The Morgan fingerprint density at radius 1 is 1.54 bits per heavy atom. The van der Waals surface area contributed by atoms with E-state index in [0.29, 0.717) is 6.10 Å². The Morgan fingerprint density at radius 3 is 2.69 bits per heavy atom. The van der Waals surface area contributed by atoms with Crippen molar-refractivity contribution >= 4 is 0 Å². The average molecular weight is 187 g/mol. The van der Waals surface area contributed by atoms with Crippen molar-refractivity contribution in [1.29, 1.82) is 0 Å². The van der Waals surface area contributed by atoms with Gasteiger partial charge in [-0.15, -0.1) is 0 Å². The second-order valence-corrected chi connectivity index (χ2v) is 4.10. The monoisotopic (exact) mass is 187 g/mol. The zero-order valence-electron chi connectivity index (χ0n) is 8.95. The number of rotatable bonds is 7. The number of epoxide rings is 1. The standard InChI is InChI=1S/C10H21NO2/c1-9(2)6-11(4-5-12-3)7-10-8-13-10/h9-10H,4-8H2,1-3H3. The van der Waals surface area contributed by atoms with E-state index >= 15 is 0 Å². The van der Waals surface area contributed by atoms with Gasteiger partial charge >= 0.3 is 0 Å². The molecular weight excluding hydrogens is 166 g/mol. The van der Waals surface area contributed by atoms with Crippen LogP contribution in [0.3, 0.4) is 0 Å². The molecule has 1 heterocycles. The van der Waals surface area contributed by atoms with Crippen molar-refractivity contribution in [2.45, 2.75) is 20.0 Å². The first kappa shape index (κ1) is 11.0. The predicted molar refractivity (Wildman–Crippen MR) is 52.9 cm³/mol. The molecule has 3 heteroatoms. The lowest BCUT2D eigenvalue weighted by atomic mass is 10.2. The Balaban J connectivity index is 2.15. The van der Waals surface area contributed by atoms with E-state index in [9.17, 15) is 0 Å². The van der Waals surface area contributed by atoms with E-state index in [1.165, 1.54) is 0 Å². The number of hydrogen-bond acceptors (Lipinski definition) is 3. The van der Waals surface area contributed by atoms with Crippen molar-refractivity contribution in [3.05, 3.63) is 0 Å². The normalized spacial score (nSPS) is 21.5. The zero-order valence-corrected chi connectivity index (χ0v) is 8.95. The van der Waals surface area contributed by atoms with Crippen LogP contribution in [0, 0.1) is 5.92 Å². The van der Waals surface area contributed by atoms with Gasteiger partial charge in [-0.05, 0) is 5.92 Å². The van der Waals surface area contributed by atoms with Crippen LogP contribution in [0.15, 0.2) is 0 Å². The van der Waals surface area contributed by atoms with Crippen LogP contribution < -0.4 is 0 Å². The van der Waals surface area contributed by atoms with Gasteiger partial charge in [0.2, 0.25) is 0 Å². The van der Waals surface area contributed by atoms with Gasteiger partial charge in [-0.3, -0.25) is 4.90 Å². The molecule has 3 nitrogen and oxygen atoms in total. The molecule has 0 spiro atoms. The lowest BCUT2D eigenvalue weighted by Gasteiger charge is -2.22. The van der Waals surface area contributed by atoms with Crippen LogP contribution >= 0.6 is 0 Å². The first-order valence-corrected chi connectivity index (χ1v) is 5.05. The summed E-state index contributed by atoms with van der Waals surface area (Å²) in [5.74, 6) is 0.718. The summed E-state index contributed by atoms with van der Waals surface area (Å²) in [5.41, 5.74) is 0. The Morgan fingerprint density at radius 2 is 2.23 bits per heavy atom. The molecule has 1 saturated heterocycles. The molecule has 1 aliphatic rings. The Hall–Kier alpha value is -0.120. The summed E-state index contributed by atoms with van der Waals surface area (Å²) in [6.45, 7) is 9.49. The van der Waals surface area contributed by atoms with Gasteiger partial charge in [0.25, 0.3) is 0 Å². The van der Waals surface area contributed by atoms with Crippen molar-refractivity contribution in [2.24, 2.45) is 5.92 Å². The molecule has 0 saturated carbocycles. The molecule has 0 aromatic rings. The number of methoxy groups -OCH3 is 1. The molecule has 0 radical (unpaired) electrons. The summed E-state index contributed by atoms with van der Waals surface area (Å²) in [6, 6.07) is 0. The van der Waals surface area contributed by atoms with Crippen LogP contribution in [-0.4, -0.2) is 51.0 Å². The van der Waals surface area contributed by atoms with Gasteiger partial charge in [-0.25, -0.2) is 0 Å². The number of nitrogens with zero attached hydrogens (tertiary/aromatic N) is 1. The second-order valence-electron chi connectivity index (χ2n) is 4.10. The molecule has 13 heavy (non-hydrogen) atoms. The first-order valence-electron chi connectivity index (χ1n) is 5.05. The van der Waals surface area contributed by atoms with E-state index < -0.39 is 0 Å². The Bertz CT molecular complexity index is 131. The van der Waals surface area contributed by atoms with Gasteiger partial charge in [-0.1, -0.05) is 13.8 Å². The third-order valence-corrected chi connectivity index (χ3v) is 2.10. The molecule has 0 aromatic carbocycles. The molecule has 78 valence electrons. The molecule has 0 aliphatic carbocycles. The Kier molecular flexibility index (Phi) is 4.70. The van der Waals surface area contributed by atoms with Crippen LogP contribution in [-0.2, 0) is 9.47 Å². The van der Waals surface area contributed by atoms with Gasteiger partial charge in [-0.2, -0.15) is 0 Å². The van der Waals surface area contributed by atoms with E-state index in [1.54, 1.807) is 7.11 Å². The largest absolute Gasteiger partial charge is 0.383 e. The summed E-state index contributed by atoms with van der Waals surface area (Å²) in [5, 5.41) is 0. The highest BCUT2D eigenvalue weighted by Gasteiger charge is 2.25. The smallest absolute Gasteiger partial charge is 0.0936 e. The van der Waals surface area contributed by atoms with E-state index in [4.69, 9.17) is 9.47 Å². The summed E-state index contributed by atoms with van der Waals surface area (Å²) in [4.78, 5) is 2.42. The van der Waals surface area contributed by atoms with Crippen LogP contribution in [0.25, 0.3) is 0 Å². The molecule has 1 atom stereocenters. The minimum atomic E-state index is 0.496. The molecule has 1 aliphatic heterocycles. The van der Waals surface area contributed by atoms with Crippen molar-refractivity contribution in [2.75, 3.05) is 40.0 Å². The summed E-state index contributed by atoms with van der Waals surface area (Å²) >= 11 is 0. The Labute approximate surface area is 81.0 Å². The maximum atomic E-state index is 5.22. The third kappa shape index (κ3) is 5.24. The zero-order chi connectivity index (χ0) is 9.68. The minimum absolute atomic E-state index is 0.496. The fourth-order valence-electron chi connectivity index (χ4n) is 1.46. The number of hydrogen-bond donors (Lipinski definition) is 0. The van der Waals surface area contributed by atoms with Crippen molar-refractivity contribution in [1.82, 2.24) is 4.90 Å². The lowest BCUT2D eigenvalue weighted by molar-refractivity contribution is 0.134. The third-order valence-electron chi connectivity index (χ3n) is 2.10. The van der Waals surface area contributed by atoms with Crippen LogP contribution in [0.4, 0.5) is 0 Å². The molecular formula is C10H21NO2. The number of ether oxygens (including phenoxy) is 2. The molecule has 1 unspecified atom stereocenters. The highest BCUT2D eigenvalue weighted by molar-refractivity contribution is 4.74. The first-order chi connectivity index (χ1) is 6.22. The second kappa shape index (κ2) is 5.58. The van der Waals surface area contributed by atoms with Crippen molar-refractivity contribution < 1.29 is 9.47 Å². The molecule has 1 fully saturated rings. The summed E-state index contributed by atoms with van der Waals surface area (Å²) < 4.78 is 10.3. The van der Waals surface area contributed by atoms with Gasteiger partial charge in [0.15, 0.2) is 0 Å². The van der Waals surface area contributed by atoms with Crippen LogP contribution in [0.5, 0.6) is 0 Å². The molecule has 0 bridgehead atoms. The molecule has 0 N–H and O–H groups in total. The predicted octanol–water partition coefficient (Wildman–Crippen LogP) is 0.990. The maximum absolute atomic E-state index is 5.22. The maximum Gasteiger partial charge on any atom is 0.0936 e. The van der Waals surface area contributed by atoms with Crippen LogP contribution in [0.2, 0.25) is 0 Å². The van der Waals surface area contributed by atoms with E-state index in [2.05, 4.69) is 18.7 Å². The van der Waals surface area contributed by atoms with Gasteiger partial charge in [0, 0.05) is 26.7 Å². The quantitative estimate of drug-likeness (QED) is 0.556. The minimum Gasteiger partial charge on any atom is -0.383 e.